The van der Waals surface area contributed by atoms with Crippen LogP contribution >= 0.6 is 0 Å². The molecule has 0 spiro atoms. The molecule has 14 heavy (non-hydrogen) atoms. The molecule has 2 unspecified atom stereocenters. The second-order valence-electron chi connectivity index (χ2n) is 4.07. The van der Waals surface area contributed by atoms with Crippen molar-refractivity contribution >= 4 is 11.9 Å². The molecule has 0 aromatic carbocycles. The van der Waals surface area contributed by atoms with Gasteiger partial charge in [-0.1, -0.05) is 0 Å². The maximum Gasteiger partial charge on any atom is 0.315 e. The standard InChI is InChI=1S/C9H15NO4/c1-6(8(12)13)7(11)10-4-3-9(2,14)5-10/h6,14H,3-5H2,1-2H3,(H,12,13). The molecule has 0 radical (unpaired) electrons. The molecule has 1 fully saturated rings. The number of hydrogen-bond donors (Lipinski definition) is 2. The van der Waals surface area contributed by atoms with Gasteiger partial charge in [0, 0.05) is 13.1 Å². The molecule has 0 aliphatic carbocycles. The van der Waals surface area contributed by atoms with Crippen molar-refractivity contribution in [1.29, 1.82) is 0 Å². The second kappa shape index (κ2) is 3.57. The first-order valence-corrected chi connectivity index (χ1v) is 4.57. The molecular weight excluding hydrogens is 186 g/mol. The van der Waals surface area contributed by atoms with Gasteiger partial charge in [0.1, 0.15) is 5.92 Å². The van der Waals surface area contributed by atoms with E-state index in [1.54, 1.807) is 6.92 Å². The minimum atomic E-state index is -1.12. The van der Waals surface area contributed by atoms with Gasteiger partial charge in [0.2, 0.25) is 5.91 Å². The summed E-state index contributed by atoms with van der Waals surface area (Å²) in [6.07, 6.45) is 0.505. The van der Waals surface area contributed by atoms with E-state index in [1.165, 1.54) is 11.8 Å². The summed E-state index contributed by atoms with van der Waals surface area (Å²) < 4.78 is 0. The highest BCUT2D eigenvalue weighted by Crippen LogP contribution is 2.21. The highest BCUT2D eigenvalue weighted by atomic mass is 16.4. The van der Waals surface area contributed by atoms with Crippen molar-refractivity contribution in [3.63, 3.8) is 0 Å². The fraction of sp³-hybridized carbons (Fsp3) is 0.778. The first-order valence-electron chi connectivity index (χ1n) is 4.57. The lowest BCUT2D eigenvalue weighted by molar-refractivity contribution is -0.150. The largest absolute Gasteiger partial charge is 0.481 e. The van der Waals surface area contributed by atoms with E-state index in [2.05, 4.69) is 0 Å². The Morgan fingerprint density at radius 3 is 2.43 bits per heavy atom. The van der Waals surface area contributed by atoms with Crippen LogP contribution in [0.5, 0.6) is 0 Å². The highest BCUT2D eigenvalue weighted by molar-refractivity contribution is 5.96. The summed E-state index contributed by atoms with van der Waals surface area (Å²) >= 11 is 0. The Morgan fingerprint density at radius 2 is 2.07 bits per heavy atom. The van der Waals surface area contributed by atoms with E-state index in [0.717, 1.165) is 0 Å². The van der Waals surface area contributed by atoms with E-state index in [9.17, 15) is 14.7 Å². The first kappa shape index (κ1) is 11.0. The van der Waals surface area contributed by atoms with Crippen LogP contribution in [0.2, 0.25) is 0 Å². The van der Waals surface area contributed by atoms with E-state index in [4.69, 9.17) is 5.11 Å². The van der Waals surface area contributed by atoms with E-state index in [-0.39, 0.29) is 6.54 Å². The van der Waals surface area contributed by atoms with Gasteiger partial charge in [0.05, 0.1) is 5.60 Å². The normalized spacial score (nSPS) is 28.9. The van der Waals surface area contributed by atoms with Crippen molar-refractivity contribution in [2.24, 2.45) is 5.92 Å². The lowest BCUT2D eigenvalue weighted by atomic mass is 10.1. The predicted molar refractivity (Wildman–Crippen MR) is 48.6 cm³/mol. The third-order valence-corrected chi connectivity index (χ3v) is 2.50. The number of carbonyl (C=O) groups is 2. The van der Waals surface area contributed by atoms with Gasteiger partial charge in [-0.15, -0.1) is 0 Å². The maximum absolute atomic E-state index is 11.5. The molecule has 1 heterocycles. The number of nitrogens with zero attached hydrogens (tertiary/aromatic N) is 1. The zero-order valence-corrected chi connectivity index (χ0v) is 8.36. The summed E-state index contributed by atoms with van der Waals surface area (Å²) in [5.74, 6) is -2.57. The van der Waals surface area contributed by atoms with Gasteiger partial charge in [-0.05, 0) is 20.3 Å². The molecule has 0 aromatic heterocycles. The molecular formula is C9H15NO4. The van der Waals surface area contributed by atoms with E-state index in [1.807, 2.05) is 0 Å². The lowest BCUT2D eigenvalue weighted by Crippen LogP contribution is -2.39. The van der Waals surface area contributed by atoms with Crippen molar-refractivity contribution < 1.29 is 19.8 Å². The highest BCUT2D eigenvalue weighted by Gasteiger charge is 2.36. The van der Waals surface area contributed by atoms with E-state index < -0.39 is 23.4 Å². The molecule has 0 aromatic rings. The van der Waals surface area contributed by atoms with E-state index >= 15 is 0 Å². The van der Waals surface area contributed by atoms with Crippen LogP contribution < -0.4 is 0 Å². The topological polar surface area (TPSA) is 77.8 Å². The third-order valence-electron chi connectivity index (χ3n) is 2.50. The van der Waals surface area contributed by atoms with Gasteiger partial charge in [0.25, 0.3) is 0 Å². The fourth-order valence-electron chi connectivity index (χ4n) is 1.51. The van der Waals surface area contributed by atoms with Crippen LogP contribution in [-0.2, 0) is 9.59 Å². The molecule has 2 atom stereocenters. The van der Waals surface area contributed by atoms with Crippen molar-refractivity contribution in [2.45, 2.75) is 25.9 Å². The van der Waals surface area contributed by atoms with Gasteiger partial charge in [-0.2, -0.15) is 0 Å². The first-order chi connectivity index (χ1) is 6.33. The number of aliphatic hydroxyl groups is 1. The van der Waals surface area contributed by atoms with E-state index in [0.29, 0.717) is 13.0 Å². The summed E-state index contributed by atoms with van der Waals surface area (Å²) in [5.41, 5.74) is -0.867. The Bertz CT molecular complexity index is 262. The van der Waals surface area contributed by atoms with Crippen LogP contribution in [0.25, 0.3) is 0 Å². The maximum atomic E-state index is 11.5. The van der Waals surface area contributed by atoms with Crippen molar-refractivity contribution in [3.05, 3.63) is 0 Å². The number of amides is 1. The average molecular weight is 201 g/mol. The smallest absolute Gasteiger partial charge is 0.315 e. The Labute approximate surface area is 82.3 Å². The number of rotatable bonds is 2. The molecule has 5 nitrogen and oxygen atoms in total. The van der Waals surface area contributed by atoms with Gasteiger partial charge in [-0.25, -0.2) is 0 Å². The van der Waals surface area contributed by atoms with Crippen molar-refractivity contribution in [2.75, 3.05) is 13.1 Å². The Hall–Kier alpha value is -1.10. The molecule has 2 N–H and O–H groups in total. The van der Waals surface area contributed by atoms with Gasteiger partial charge < -0.3 is 15.1 Å². The fourth-order valence-corrected chi connectivity index (χ4v) is 1.51. The third kappa shape index (κ3) is 2.23. The van der Waals surface area contributed by atoms with Crippen LogP contribution in [0.3, 0.4) is 0 Å². The van der Waals surface area contributed by atoms with Crippen molar-refractivity contribution in [1.82, 2.24) is 4.90 Å². The number of carboxylic acids is 1. The van der Waals surface area contributed by atoms with Crippen LogP contribution in [0.1, 0.15) is 20.3 Å². The number of likely N-dealkylation sites (tertiary alicyclic amines) is 1. The van der Waals surface area contributed by atoms with Crippen LogP contribution in [0, 0.1) is 5.92 Å². The van der Waals surface area contributed by atoms with Gasteiger partial charge in [-0.3, -0.25) is 9.59 Å². The minimum Gasteiger partial charge on any atom is -0.481 e. The van der Waals surface area contributed by atoms with Gasteiger partial charge >= 0.3 is 5.97 Å². The second-order valence-corrected chi connectivity index (χ2v) is 4.07. The summed E-state index contributed by atoms with van der Waals surface area (Å²) in [7, 11) is 0. The summed E-state index contributed by atoms with van der Waals surface area (Å²) in [4.78, 5) is 23.5. The minimum absolute atomic E-state index is 0.226. The zero-order valence-electron chi connectivity index (χ0n) is 8.36. The quantitative estimate of drug-likeness (QED) is 0.601. The molecule has 1 saturated heterocycles. The van der Waals surface area contributed by atoms with Crippen LogP contribution in [0.15, 0.2) is 0 Å². The molecule has 80 valence electrons. The van der Waals surface area contributed by atoms with Crippen molar-refractivity contribution in [3.8, 4) is 0 Å². The Kier molecular flexibility index (Phi) is 2.80. The summed E-state index contributed by atoms with van der Waals surface area (Å²) in [5, 5.41) is 18.2. The monoisotopic (exact) mass is 201 g/mol. The summed E-state index contributed by atoms with van der Waals surface area (Å²) in [6.45, 7) is 3.66. The summed E-state index contributed by atoms with van der Waals surface area (Å²) in [6, 6.07) is 0. The molecule has 5 heteroatoms. The lowest BCUT2D eigenvalue weighted by Gasteiger charge is -2.20. The molecule has 1 amide bonds. The van der Waals surface area contributed by atoms with Gasteiger partial charge in [0.15, 0.2) is 0 Å². The Morgan fingerprint density at radius 1 is 1.50 bits per heavy atom. The molecule has 1 rings (SSSR count). The Balaban J connectivity index is 2.60. The number of carbonyl (C=O) groups excluding carboxylic acids is 1. The zero-order chi connectivity index (χ0) is 10.9. The predicted octanol–water partition coefficient (Wildman–Crippen LogP) is -0.310. The molecule has 0 bridgehead atoms. The van der Waals surface area contributed by atoms with Crippen LogP contribution in [0.4, 0.5) is 0 Å². The average Bonchev–Trinajstić information content (AvgIpc) is 2.43. The molecule has 1 aliphatic heterocycles. The number of β-amino-alcohol motifs (C(OH)–C–C–N with tert-alkyl or cyclic N) is 1. The number of hydrogen-bond acceptors (Lipinski definition) is 3. The number of carboxylic acid groups (broad SMARTS) is 1. The van der Waals surface area contributed by atoms with Crippen LogP contribution in [-0.4, -0.2) is 45.7 Å². The number of aliphatic carboxylic acids is 1. The SMILES string of the molecule is CC(C(=O)O)C(=O)N1CCC(C)(O)C1. The molecule has 1 aliphatic rings. The molecule has 0 saturated carbocycles.